The average Bonchev–Trinajstić information content (AvgIpc) is 3.16. The highest BCUT2D eigenvalue weighted by Crippen LogP contribution is 2.39. The summed E-state index contributed by atoms with van der Waals surface area (Å²) in [5.41, 5.74) is 3.20. The number of rotatable bonds is 3. The van der Waals surface area contributed by atoms with Crippen LogP contribution in [0.25, 0.3) is 5.69 Å². The summed E-state index contributed by atoms with van der Waals surface area (Å²) in [4.78, 5) is 0. The summed E-state index contributed by atoms with van der Waals surface area (Å²) >= 11 is 0. The van der Waals surface area contributed by atoms with Crippen molar-refractivity contribution < 1.29 is 17.9 Å². The molecule has 2 heterocycles. The van der Waals surface area contributed by atoms with Crippen LogP contribution in [0.4, 0.5) is 19.0 Å². The summed E-state index contributed by atoms with van der Waals surface area (Å²) < 4.78 is 42.9. The molecule has 1 aliphatic heterocycles. The third kappa shape index (κ3) is 3.52. The number of nitrogens with zero attached hydrogens (tertiary/aromatic N) is 2. The fraction of sp³-hybridized carbons (Fsp3) is 0.526. The van der Waals surface area contributed by atoms with Gasteiger partial charge >= 0.3 is 6.36 Å². The molecule has 0 saturated heterocycles. The molecule has 140 valence electrons. The number of hydrogen-bond donors (Lipinski definition) is 1. The van der Waals surface area contributed by atoms with E-state index in [9.17, 15) is 13.2 Å². The predicted octanol–water partition coefficient (Wildman–Crippen LogP) is 5.18. The minimum Gasteiger partial charge on any atom is -0.406 e. The van der Waals surface area contributed by atoms with Gasteiger partial charge in [-0.25, -0.2) is 4.68 Å². The van der Waals surface area contributed by atoms with Crippen molar-refractivity contribution in [3.8, 4) is 11.4 Å². The lowest BCUT2D eigenvalue weighted by atomic mass is 9.97. The summed E-state index contributed by atoms with van der Waals surface area (Å²) in [6.45, 7) is 0.887. The minimum absolute atomic E-state index is 0.219. The second-order valence-corrected chi connectivity index (χ2v) is 7.03. The van der Waals surface area contributed by atoms with Crippen LogP contribution >= 0.6 is 0 Å². The topological polar surface area (TPSA) is 39.1 Å². The second kappa shape index (κ2) is 6.85. The molecule has 0 amide bonds. The van der Waals surface area contributed by atoms with E-state index in [2.05, 4.69) is 10.1 Å². The number of anilines is 1. The van der Waals surface area contributed by atoms with Crippen LogP contribution in [-0.4, -0.2) is 22.7 Å². The van der Waals surface area contributed by atoms with E-state index < -0.39 is 6.36 Å². The highest BCUT2D eigenvalue weighted by Gasteiger charge is 2.31. The van der Waals surface area contributed by atoms with E-state index in [1.54, 1.807) is 12.1 Å². The lowest BCUT2D eigenvalue weighted by Gasteiger charge is -2.11. The molecule has 1 saturated carbocycles. The molecule has 0 radical (unpaired) electrons. The predicted molar refractivity (Wildman–Crippen MR) is 92.9 cm³/mol. The molecule has 1 aromatic heterocycles. The minimum atomic E-state index is -4.68. The van der Waals surface area contributed by atoms with Gasteiger partial charge in [0.25, 0.3) is 0 Å². The van der Waals surface area contributed by atoms with E-state index in [0.717, 1.165) is 37.3 Å². The van der Waals surface area contributed by atoms with Gasteiger partial charge in [-0.05, 0) is 56.4 Å². The molecule has 1 fully saturated rings. The first-order valence-electron chi connectivity index (χ1n) is 9.23. The zero-order valence-electron chi connectivity index (χ0n) is 14.5. The molecule has 0 bridgehead atoms. The maximum Gasteiger partial charge on any atom is 0.573 e. The van der Waals surface area contributed by atoms with E-state index in [0.29, 0.717) is 5.92 Å². The van der Waals surface area contributed by atoms with Gasteiger partial charge in [-0.15, -0.1) is 13.2 Å². The number of halogens is 3. The highest BCUT2D eigenvalue weighted by molar-refractivity contribution is 5.55. The Morgan fingerprint density at radius 2 is 1.77 bits per heavy atom. The standard InChI is InChI=1S/C19H22F3N3O/c20-19(21,22)26-15-10-8-14(9-11-15)25-18-16(7-3-4-12-23-18)17(24-25)13-5-1-2-6-13/h8-11,13,23H,1-7,12H2. The summed E-state index contributed by atoms with van der Waals surface area (Å²) in [6, 6.07) is 5.92. The van der Waals surface area contributed by atoms with Gasteiger partial charge in [0.1, 0.15) is 11.6 Å². The highest BCUT2D eigenvalue weighted by atomic mass is 19.4. The Morgan fingerprint density at radius 1 is 1.04 bits per heavy atom. The van der Waals surface area contributed by atoms with Crippen LogP contribution in [0.2, 0.25) is 0 Å². The Morgan fingerprint density at radius 3 is 2.46 bits per heavy atom. The molecule has 0 atom stereocenters. The van der Waals surface area contributed by atoms with Gasteiger partial charge in [-0.3, -0.25) is 0 Å². The third-order valence-electron chi connectivity index (χ3n) is 5.22. The number of alkyl halides is 3. The monoisotopic (exact) mass is 365 g/mol. The third-order valence-corrected chi connectivity index (χ3v) is 5.22. The molecule has 0 spiro atoms. The van der Waals surface area contributed by atoms with Crippen LogP contribution in [0.1, 0.15) is 55.7 Å². The van der Waals surface area contributed by atoms with Crippen molar-refractivity contribution in [2.45, 2.75) is 57.2 Å². The van der Waals surface area contributed by atoms with E-state index >= 15 is 0 Å². The molecule has 0 unspecified atom stereocenters. The Hall–Kier alpha value is -2.18. The molecule has 1 aromatic carbocycles. The van der Waals surface area contributed by atoms with Crippen LogP contribution in [0, 0.1) is 0 Å². The number of fused-ring (bicyclic) bond motifs is 1. The number of benzene rings is 1. The van der Waals surface area contributed by atoms with Crippen molar-refractivity contribution in [2.75, 3.05) is 11.9 Å². The second-order valence-electron chi connectivity index (χ2n) is 7.03. The zero-order chi connectivity index (χ0) is 18.1. The molecule has 2 aliphatic rings. The van der Waals surface area contributed by atoms with Crippen molar-refractivity contribution in [3.05, 3.63) is 35.5 Å². The smallest absolute Gasteiger partial charge is 0.406 e. The van der Waals surface area contributed by atoms with Crippen molar-refractivity contribution in [1.82, 2.24) is 9.78 Å². The molecule has 26 heavy (non-hydrogen) atoms. The van der Waals surface area contributed by atoms with Crippen LogP contribution in [0.15, 0.2) is 24.3 Å². The van der Waals surface area contributed by atoms with Gasteiger partial charge in [0.2, 0.25) is 0 Å². The molecular formula is C19H22F3N3O. The Kier molecular flexibility index (Phi) is 4.54. The molecule has 4 rings (SSSR count). The van der Waals surface area contributed by atoms with Crippen LogP contribution in [-0.2, 0) is 6.42 Å². The number of ether oxygens (including phenoxy) is 1. The van der Waals surface area contributed by atoms with Gasteiger partial charge in [0.15, 0.2) is 0 Å². The van der Waals surface area contributed by atoms with Gasteiger partial charge < -0.3 is 10.1 Å². The van der Waals surface area contributed by atoms with Gasteiger partial charge in [-0.1, -0.05) is 12.8 Å². The number of aromatic nitrogens is 2. The average molecular weight is 365 g/mol. The maximum absolute atomic E-state index is 12.4. The Balaban J connectivity index is 1.69. The lowest BCUT2D eigenvalue weighted by molar-refractivity contribution is -0.274. The normalized spacial score (nSPS) is 18.3. The van der Waals surface area contributed by atoms with E-state index in [4.69, 9.17) is 5.10 Å². The van der Waals surface area contributed by atoms with Crippen molar-refractivity contribution >= 4 is 5.82 Å². The molecule has 4 nitrogen and oxygen atoms in total. The summed E-state index contributed by atoms with van der Waals surface area (Å²) in [5, 5.41) is 8.36. The van der Waals surface area contributed by atoms with E-state index in [1.165, 1.54) is 49.1 Å². The Bertz CT molecular complexity index is 762. The summed E-state index contributed by atoms with van der Waals surface area (Å²) in [5.74, 6) is 1.27. The van der Waals surface area contributed by atoms with Gasteiger partial charge in [0, 0.05) is 18.0 Å². The lowest BCUT2D eigenvalue weighted by Crippen LogP contribution is -2.17. The van der Waals surface area contributed by atoms with Crippen LogP contribution in [0.3, 0.4) is 0 Å². The van der Waals surface area contributed by atoms with Crippen LogP contribution in [0.5, 0.6) is 5.75 Å². The van der Waals surface area contributed by atoms with Gasteiger partial charge in [0.05, 0.1) is 11.4 Å². The number of nitrogens with one attached hydrogen (secondary N) is 1. The van der Waals surface area contributed by atoms with E-state index in [1.807, 2.05) is 4.68 Å². The molecular weight excluding hydrogens is 343 g/mol. The maximum atomic E-state index is 12.4. The first kappa shape index (κ1) is 17.2. The zero-order valence-corrected chi connectivity index (χ0v) is 14.5. The molecule has 1 N–H and O–H groups in total. The molecule has 1 aliphatic carbocycles. The van der Waals surface area contributed by atoms with Crippen molar-refractivity contribution in [3.63, 3.8) is 0 Å². The first-order chi connectivity index (χ1) is 12.5. The molecule has 2 aromatic rings. The molecule has 7 heteroatoms. The quantitative estimate of drug-likeness (QED) is 0.815. The van der Waals surface area contributed by atoms with Crippen molar-refractivity contribution in [1.29, 1.82) is 0 Å². The summed E-state index contributed by atoms with van der Waals surface area (Å²) in [6.07, 6.45) is 3.38. The number of hydrogen-bond acceptors (Lipinski definition) is 3. The van der Waals surface area contributed by atoms with Gasteiger partial charge in [-0.2, -0.15) is 5.10 Å². The largest absolute Gasteiger partial charge is 0.573 e. The fourth-order valence-electron chi connectivity index (χ4n) is 4.03. The van der Waals surface area contributed by atoms with Crippen LogP contribution < -0.4 is 10.1 Å². The SMILES string of the molecule is FC(F)(F)Oc1ccc(-n2nc(C3CCCC3)c3c2NCCCC3)cc1. The summed E-state index contributed by atoms with van der Waals surface area (Å²) in [7, 11) is 0. The van der Waals surface area contributed by atoms with E-state index in [-0.39, 0.29) is 5.75 Å². The Labute approximate surface area is 150 Å². The van der Waals surface area contributed by atoms with Crippen molar-refractivity contribution in [2.24, 2.45) is 0 Å². The fourth-order valence-corrected chi connectivity index (χ4v) is 4.03. The first-order valence-corrected chi connectivity index (χ1v) is 9.23.